The Labute approximate surface area is 153 Å². The lowest BCUT2D eigenvalue weighted by atomic mass is 9.49. The van der Waals surface area contributed by atoms with Crippen molar-refractivity contribution in [3.63, 3.8) is 0 Å². The number of carbonyl (C=O) groups is 1. The molecule has 1 spiro atoms. The van der Waals surface area contributed by atoms with E-state index in [1.807, 2.05) is 24.3 Å². The normalized spacial score (nSPS) is 24.2. The molecule has 2 aliphatic rings. The van der Waals surface area contributed by atoms with Gasteiger partial charge in [0.1, 0.15) is 17.3 Å². The molecule has 0 saturated heterocycles. The number of hydrogen-bond acceptors (Lipinski definition) is 3. The third kappa shape index (κ3) is 2.77. The summed E-state index contributed by atoms with van der Waals surface area (Å²) in [7, 11) is 1.64. The highest BCUT2D eigenvalue weighted by atomic mass is 19.1. The first-order chi connectivity index (χ1) is 12.6. The Bertz CT molecular complexity index is 776. The second-order valence-corrected chi connectivity index (χ2v) is 7.35. The van der Waals surface area contributed by atoms with Gasteiger partial charge in [0, 0.05) is 5.41 Å². The van der Waals surface area contributed by atoms with Gasteiger partial charge in [-0.15, -0.1) is 0 Å². The summed E-state index contributed by atoms with van der Waals surface area (Å²) >= 11 is 0. The van der Waals surface area contributed by atoms with Gasteiger partial charge in [-0.05, 0) is 54.8 Å². The van der Waals surface area contributed by atoms with Crippen LogP contribution >= 0.6 is 0 Å². The summed E-state index contributed by atoms with van der Waals surface area (Å²) in [5.74, 6) is 1.04. The molecule has 0 radical (unpaired) electrons. The zero-order valence-electron chi connectivity index (χ0n) is 14.9. The number of ether oxygens (including phenoxy) is 2. The number of methoxy groups -OCH3 is 1. The van der Waals surface area contributed by atoms with Crippen molar-refractivity contribution in [1.29, 1.82) is 0 Å². The predicted octanol–water partition coefficient (Wildman–Crippen LogP) is 4.90. The van der Waals surface area contributed by atoms with Crippen LogP contribution in [0.4, 0.5) is 4.39 Å². The summed E-state index contributed by atoms with van der Waals surface area (Å²) in [5, 5.41) is 0. The van der Waals surface area contributed by atoms with Crippen LogP contribution in [0.15, 0.2) is 48.5 Å². The molecule has 3 nitrogen and oxygen atoms in total. The Morgan fingerprint density at radius 3 is 2.15 bits per heavy atom. The largest absolute Gasteiger partial charge is 0.497 e. The molecule has 0 aliphatic heterocycles. The zero-order valence-corrected chi connectivity index (χ0v) is 14.9. The Kier molecular flexibility index (Phi) is 4.43. The van der Waals surface area contributed by atoms with Crippen molar-refractivity contribution in [2.75, 3.05) is 7.11 Å². The van der Waals surface area contributed by atoms with Gasteiger partial charge in [0.25, 0.3) is 0 Å². The van der Waals surface area contributed by atoms with Gasteiger partial charge in [-0.1, -0.05) is 31.4 Å². The van der Waals surface area contributed by atoms with E-state index in [1.54, 1.807) is 19.2 Å². The molecule has 0 heterocycles. The number of rotatable bonds is 4. The van der Waals surface area contributed by atoms with Gasteiger partial charge >= 0.3 is 0 Å². The molecule has 26 heavy (non-hydrogen) atoms. The lowest BCUT2D eigenvalue weighted by Crippen LogP contribution is -2.63. The molecule has 136 valence electrons. The van der Waals surface area contributed by atoms with Crippen molar-refractivity contribution in [2.24, 2.45) is 5.41 Å². The van der Waals surface area contributed by atoms with E-state index in [4.69, 9.17) is 9.47 Å². The molecule has 4 rings (SSSR count). The van der Waals surface area contributed by atoms with Crippen LogP contribution in [0.2, 0.25) is 0 Å². The first kappa shape index (κ1) is 17.1. The van der Waals surface area contributed by atoms with Crippen LogP contribution in [0.3, 0.4) is 0 Å². The molecule has 0 N–H and O–H groups in total. The highest BCUT2D eigenvalue weighted by Gasteiger charge is 2.63. The van der Waals surface area contributed by atoms with Crippen molar-refractivity contribution >= 4 is 5.78 Å². The molecule has 2 saturated carbocycles. The molecule has 2 unspecified atom stereocenters. The smallest absolute Gasteiger partial charge is 0.182 e. The van der Waals surface area contributed by atoms with Gasteiger partial charge in [0.05, 0.1) is 13.0 Å². The molecule has 2 aliphatic carbocycles. The fourth-order valence-corrected chi connectivity index (χ4v) is 4.65. The third-order valence-electron chi connectivity index (χ3n) is 5.94. The van der Waals surface area contributed by atoms with Crippen molar-refractivity contribution in [2.45, 2.75) is 44.1 Å². The van der Waals surface area contributed by atoms with Crippen molar-refractivity contribution in [1.82, 2.24) is 0 Å². The molecule has 0 amide bonds. The number of hydrogen-bond donors (Lipinski definition) is 0. The van der Waals surface area contributed by atoms with Gasteiger partial charge in [-0.2, -0.15) is 0 Å². The van der Waals surface area contributed by atoms with Crippen LogP contribution in [-0.2, 0) is 4.79 Å². The predicted molar refractivity (Wildman–Crippen MR) is 97.1 cm³/mol. The third-order valence-corrected chi connectivity index (χ3v) is 5.94. The number of carbonyl (C=O) groups excluding carboxylic acids is 1. The van der Waals surface area contributed by atoms with E-state index < -0.39 is 6.10 Å². The Hall–Kier alpha value is -2.36. The highest BCUT2D eigenvalue weighted by molar-refractivity contribution is 5.98. The van der Waals surface area contributed by atoms with E-state index in [0.717, 1.165) is 37.0 Å². The van der Waals surface area contributed by atoms with E-state index in [-0.39, 0.29) is 22.9 Å². The van der Waals surface area contributed by atoms with Crippen molar-refractivity contribution < 1.29 is 18.7 Å². The van der Waals surface area contributed by atoms with E-state index in [2.05, 4.69) is 0 Å². The van der Waals surface area contributed by atoms with Crippen molar-refractivity contribution in [3.05, 3.63) is 59.9 Å². The highest BCUT2D eigenvalue weighted by Crippen LogP contribution is 2.59. The van der Waals surface area contributed by atoms with E-state index in [9.17, 15) is 9.18 Å². The Morgan fingerprint density at radius 1 is 0.923 bits per heavy atom. The monoisotopic (exact) mass is 354 g/mol. The molecular weight excluding hydrogens is 331 g/mol. The lowest BCUT2D eigenvalue weighted by Gasteiger charge is -2.55. The second kappa shape index (κ2) is 6.75. The van der Waals surface area contributed by atoms with Crippen LogP contribution < -0.4 is 9.47 Å². The van der Waals surface area contributed by atoms with Crippen LogP contribution in [-0.4, -0.2) is 19.0 Å². The summed E-state index contributed by atoms with van der Waals surface area (Å²) in [5.41, 5.74) is 0.884. The number of benzene rings is 2. The SMILES string of the molecule is COc1ccc(C2C(=O)C(Oc3ccc(F)cc3)C23CCCCC3)cc1. The Balaban J connectivity index is 1.63. The topological polar surface area (TPSA) is 35.5 Å². The second-order valence-electron chi connectivity index (χ2n) is 7.35. The van der Waals surface area contributed by atoms with Crippen LogP contribution in [0.1, 0.15) is 43.6 Å². The van der Waals surface area contributed by atoms with Gasteiger partial charge in [0.2, 0.25) is 0 Å². The first-order valence-electron chi connectivity index (χ1n) is 9.24. The summed E-state index contributed by atoms with van der Waals surface area (Å²) in [6.07, 6.45) is 4.96. The van der Waals surface area contributed by atoms with Crippen molar-refractivity contribution in [3.8, 4) is 11.5 Å². The summed E-state index contributed by atoms with van der Waals surface area (Å²) in [6, 6.07) is 13.7. The minimum absolute atomic E-state index is 0.126. The zero-order chi connectivity index (χ0) is 18.1. The van der Waals surface area contributed by atoms with Gasteiger partial charge in [-0.3, -0.25) is 4.79 Å². The molecule has 4 heteroatoms. The summed E-state index contributed by atoms with van der Waals surface area (Å²) in [6.45, 7) is 0. The molecule has 2 aromatic carbocycles. The Morgan fingerprint density at radius 2 is 1.54 bits per heavy atom. The quantitative estimate of drug-likeness (QED) is 0.783. The lowest BCUT2D eigenvalue weighted by molar-refractivity contribution is -0.161. The number of halogens is 1. The molecule has 0 bridgehead atoms. The van der Waals surface area contributed by atoms with E-state index in [1.165, 1.54) is 18.6 Å². The van der Waals surface area contributed by atoms with Crippen LogP contribution in [0.25, 0.3) is 0 Å². The number of ketones is 1. The summed E-state index contributed by atoms with van der Waals surface area (Å²) < 4.78 is 24.5. The molecule has 0 aromatic heterocycles. The van der Waals surface area contributed by atoms with Crippen LogP contribution in [0.5, 0.6) is 11.5 Å². The molecular formula is C22H23FO3. The van der Waals surface area contributed by atoms with Crippen LogP contribution in [0, 0.1) is 11.2 Å². The molecule has 2 aromatic rings. The average molecular weight is 354 g/mol. The minimum Gasteiger partial charge on any atom is -0.497 e. The minimum atomic E-state index is -0.444. The van der Waals surface area contributed by atoms with E-state index in [0.29, 0.717) is 5.75 Å². The maximum absolute atomic E-state index is 13.2. The maximum atomic E-state index is 13.2. The van der Waals surface area contributed by atoms with Gasteiger partial charge in [-0.25, -0.2) is 4.39 Å². The average Bonchev–Trinajstić information content (AvgIpc) is 2.69. The fourth-order valence-electron chi connectivity index (χ4n) is 4.65. The van der Waals surface area contributed by atoms with Gasteiger partial charge < -0.3 is 9.47 Å². The maximum Gasteiger partial charge on any atom is 0.182 e. The standard InChI is InChI=1S/C22H23FO3/c1-25-17-9-5-15(6-10-17)19-20(24)21(22(19)13-3-2-4-14-22)26-18-11-7-16(23)8-12-18/h5-12,19,21H,2-4,13-14H2,1H3. The molecule has 2 atom stereocenters. The fraction of sp³-hybridized carbons (Fsp3) is 0.409. The first-order valence-corrected chi connectivity index (χ1v) is 9.24. The van der Waals surface area contributed by atoms with Gasteiger partial charge in [0.15, 0.2) is 11.9 Å². The molecule has 2 fully saturated rings. The number of Topliss-reactive ketones (excluding diaryl/α,β-unsaturated/α-hetero) is 1. The van der Waals surface area contributed by atoms with E-state index >= 15 is 0 Å². The summed E-state index contributed by atoms with van der Waals surface area (Å²) in [4.78, 5) is 13.0.